The molecule has 1 aliphatic heterocycles. The minimum Gasteiger partial charge on any atom is -0.481 e. The Labute approximate surface area is 186 Å². The Balaban J connectivity index is 2.06. The van der Waals surface area contributed by atoms with Crippen LogP contribution in [0.2, 0.25) is 0 Å². The van der Waals surface area contributed by atoms with Gasteiger partial charge >= 0.3 is 5.97 Å². The normalized spacial score (nSPS) is 22.8. The molecule has 1 aromatic carbocycles. The fourth-order valence-corrected chi connectivity index (χ4v) is 5.16. The van der Waals surface area contributed by atoms with Gasteiger partial charge in [0.1, 0.15) is 5.82 Å². The molecule has 2 heterocycles. The van der Waals surface area contributed by atoms with Gasteiger partial charge in [0.25, 0.3) is 5.56 Å². The number of pyridine rings is 1. The van der Waals surface area contributed by atoms with E-state index in [1.807, 2.05) is 36.6 Å². The summed E-state index contributed by atoms with van der Waals surface area (Å²) in [5, 5.41) is 10.9. The number of aromatic nitrogens is 1. The number of carbonyl (C=O) groups is 1. The predicted molar refractivity (Wildman–Crippen MR) is 123 cm³/mol. The summed E-state index contributed by atoms with van der Waals surface area (Å²) in [5.41, 5.74) is 3.26. The number of benzene rings is 1. The lowest BCUT2D eigenvalue weighted by Crippen LogP contribution is -2.51. The minimum absolute atomic E-state index is 0.0708. The third-order valence-electron chi connectivity index (χ3n) is 6.98. The summed E-state index contributed by atoms with van der Waals surface area (Å²) in [4.78, 5) is 25.2. The van der Waals surface area contributed by atoms with Crippen molar-refractivity contribution in [2.45, 2.75) is 58.4 Å². The van der Waals surface area contributed by atoms with Crippen LogP contribution in [0.1, 0.15) is 62.7 Å². The molecule has 1 N–H and O–H groups in total. The molecule has 0 radical (unpaired) electrons. The van der Waals surface area contributed by atoms with Crippen LogP contribution in [0.3, 0.4) is 0 Å². The number of hydrogen-bond acceptors (Lipinski definition) is 3. The van der Waals surface area contributed by atoms with Gasteiger partial charge < -0.3 is 14.4 Å². The Morgan fingerprint density at radius 2 is 1.81 bits per heavy atom. The van der Waals surface area contributed by atoms with Crippen molar-refractivity contribution in [1.82, 2.24) is 4.57 Å². The second kappa shape index (κ2) is 9.02. The van der Waals surface area contributed by atoms with Gasteiger partial charge in [0.2, 0.25) is 0 Å². The van der Waals surface area contributed by atoms with Crippen LogP contribution >= 0.6 is 0 Å². The van der Waals surface area contributed by atoms with Gasteiger partial charge in [0, 0.05) is 41.6 Å². The van der Waals surface area contributed by atoms with Gasteiger partial charge in [-0.05, 0) is 74.9 Å². The fraction of sp³-hybridized carbons (Fsp3) is 0.462. The largest absolute Gasteiger partial charge is 0.481 e. The van der Waals surface area contributed by atoms with Gasteiger partial charge in [-0.15, -0.1) is 0 Å². The maximum absolute atomic E-state index is 14.1. The maximum Gasteiger partial charge on any atom is 0.306 e. The lowest BCUT2D eigenvalue weighted by atomic mass is 9.78. The fourth-order valence-electron chi connectivity index (χ4n) is 5.16. The minimum atomic E-state index is -0.808. The van der Waals surface area contributed by atoms with E-state index in [9.17, 15) is 19.1 Å². The van der Waals surface area contributed by atoms with Gasteiger partial charge in [-0.2, -0.15) is 0 Å². The zero-order valence-corrected chi connectivity index (χ0v) is 18.9. The average Bonchev–Trinajstić information content (AvgIpc) is 2.75. The monoisotopic (exact) mass is 439 g/mol. The number of carboxylic acids is 1. The van der Waals surface area contributed by atoms with Gasteiger partial charge in [0.15, 0.2) is 0 Å². The van der Waals surface area contributed by atoms with E-state index in [1.165, 1.54) is 6.07 Å². The van der Waals surface area contributed by atoms with Crippen molar-refractivity contribution in [3.05, 3.63) is 56.1 Å². The van der Waals surface area contributed by atoms with Crippen LogP contribution in [0.25, 0.3) is 23.3 Å². The smallest absolute Gasteiger partial charge is 0.306 e. The van der Waals surface area contributed by atoms with Crippen molar-refractivity contribution < 1.29 is 19.0 Å². The molecule has 1 aromatic heterocycles. The third-order valence-corrected chi connectivity index (χ3v) is 6.98. The quantitative estimate of drug-likeness (QED) is 0.792. The molecule has 4 rings (SSSR count). The molecular formula is C26H30FNO4. The van der Waals surface area contributed by atoms with E-state index in [2.05, 4.69) is 0 Å². The van der Waals surface area contributed by atoms with Crippen molar-refractivity contribution in [2.24, 2.45) is 5.92 Å². The lowest BCUT2D eigenvalue weighted by Gasteiger charge is -2.38. The van der Waals surface area contributed by atoms with Gasteiger partial charge in [-0.25, -0.2) is 4.39 Å². The number of aliphatic carboxylic acids is 1. The molecule has 2 aliphatic rings. The number of aryl methyl sites for hydroxylation is 1. The molecule has 2 aromatic rings. The number of rotatable bonds is 4. The van der Waals surface area contributed by atoms with Crippen molar-refractivity contribution >= 4 is 18.1 Å². The highest BCUT2D eigenvalue weighted by atomic mass is 19.1. The van der Waals surface area contributed by atoms with Crippen molar-refractivity contribution in [3.8, 4) is 11.1 Å². The van der Waals surface area contributed by atoms with Crippen molar-refractivity contribution in [2.75, 3.05) is 13.2 Å². The first kappa shape index (κ1) is 22.5. The second-order valence-corrected chi connectivity index (χ2v) is 8.85. The molecule has 1 aliphatic carbocycles. The summed E-state index contributed by atoms with van der Waals surface area (Å²) in [6.07, 6.45) is 6.27. The number of halogens is 1. The SMILES string of the molecule is C/C=c1/c(-c2ccc(F)c(C)c2)c(C2CCOCC2)n(C2CC(C(=O)O)C2)c(=O)/c1=C/C. The van der Waals surface area contributed by atoms with Gasteiger partial charge in [0.05, 0.1) is 5.92 Å². The summed E-state index contributed by atoms with van der Waals surface area (Å²) >= 11 is 0. The zero-order chi connectivity index (χ0) is 23.0. The van der Waals surface area contributed by atoms with Crippen molar-refractivity contribution in [1.29, 1.82) is 0 Å². The first-order chi connectivity index (χ1) is 15.4. The molecule has 0 atom stereocenters. The molecule has 1 saturated heterocycles. The lowest BCUT2D eigenvalue weighted by molar-refractivity contribution is -0.146. The molecular weight excluding hydrogens is 409 g/mol. The van der Waals surface area contributed by atoms with Crippen LogP contribution in [0.5, 0.6) is 0 Å². The molecule has 2 fully saturated rings. The summed E-state index contributed by atoms with van der Waals surface area (Å²) < 4.78 is 21.6. The molecule has 1 saturated carbocycles. The van der Waals surface area contributed by atoms with E-state index < -0.39 is 11.9 Å². The first-order valence-corrected chi connectivity index (χ1v) is 11.4. The molecule has 0 unspecified atom stereocenters. The highest BCUT2D eigenvalue weighted by molar-refractivity contribution is 5.72. The summed E-state index contributed by atoms with van der Waals surface area (Å²) in [7, 11) is 0. The Kier molecular flexibility index (Phi) is 6.33. The van der Waals surface area contributed by atoms with Gasteiger partial charge in [-0.1, -0.05) is 18.2 Å². The van der Waals surface area contributed by atoms with Gasteiger partial charge in [-0.3, -0.25) is 9.59 Å². The molecule has 170 valence electrons. The standard InChI is InChI=1S/C26H30FNO4/c1-4-20-21(5-2)25(29)28(19-13-18(14-19)26(30)31)24(16-8-10-32-11-9-16)23(20)17-6-7-22(27)15(3)12-17/h4-7,12,16,18-19H,8-11,13-14H2,1-3H3,(H,30,31)/b20-4+,21-5+. The Morgan fingerprint density at radius 3 is 2.38 bits per heavy atom. The van der Waals surface area contributed by atoms with E-state index >= 15 is 0 Å². The zero-order valence-electron chi connectivity index (χ0n) is 18.9. The van der Waals surface area contributed by atoms with Crippen LogP contribution in [0.4, 0.5) is 4.39 Å². The molecule has 0 amide bonds. The first-order valence-electron chi connectivity index (χ1n) is 11.4. The number of hydrogen-bond donors (Lipinski definition) is 1. The Bertz CT molecular complexity index is 1220. The third kappa shape index (κ3) is 3.81. The van der Waals surface area contributed by atoms with Crippen LogP contribution in [-0.2, 0) is 9.53 Å². The molecule has 0 bridgehead atoms. The van der Waals surface area contributed by atoms with E-state index in [1.54, 1.807) is 13.0 Å². The maximum atomic E-state index is 14.1. The van der Waals surface area contributed by atoms with E-state index in [-0.39, 0.29) is 23.3 Å². The predicted octanol–water partition coefficient (Wildman–Crippen LogP) is 3.49. The van der Waals surface area contributed by atoms with Crippen LogP contribution in [0.15, 0.2) is 23.0 Å². The summed E-state index contributed by atoms with van der Waals surface area (Å²) in [6.45, 7) is 6.76. The number of nitrogens with zero attached hydrogens (tertiary/aromatic N) is 1. The number of carboxylic acid groups (broad SMARTS) is 1. The Hall–Kier alpha value is -2.73. The van der Waals surface area contributed by atoms with Crippen LogP contribution in [-0.4, -0.2) is 28.9 Å². The molecule has 6 heteroatoms. The van der Waals surface area contributed by atoms with E-state index in [4.69, 9.17) is 4.74 Å². The van der Waals surface area contributed by atoms with Crippen molar-refractivity contribution in [3.63, 3.8) is 0 Å². The van der Waals surface area contributed by atoms with E-state index in [0.29, 0.717) is 36.8 Å². The molecule has 32 heavy (non-hydrogen) atoms. The van der Waals surface area contributed by atoms with Crippen LogP contribution < -0.4 is 16.0 Å². The van der Waals surface area contributed by atoms with Crippen LogP contribution in [0, 0.1) is 18.7 Å². The molecule has 0 spiro atoms. The highest BCUT2D eigenvalue weighted by Gasteiger charge is 2.39. The van der Waals surface area contributed by atoms with E-state index in [0.717, 1.165) is 34.9 Å². The topological polar surface area (TPSA) is 68.5 Å². The number of ether oxygens (including phenoxy) is 1. The highest BCUT2D eigenvalue weighted by Crippen LogP contribution is 2.41. The Morgan fingerprint density at radius 1 is 1.16 bits per heavy atom. The molecule has 5 nitrogen and oxygen atoms in total. The summed E-state index contributed by atoms with van der Waals surface area (Å²) in [6, 6.07) is 4.95. The second-order valence-electron chi connectivity index (χ2n) is 8.85. The summed E-state index contributed by atoms with van der Waals surface area (Å²) in [5.74, 6) is -1.37. The average molecular weight is 440 g/mol.